The minimum Gasteiger partial charge on any atom is -0.478 e. The van der Waals surface area contributed by atoms with Crippen LogP contribution >= 0.6 is 27.7 Å². The van der Waals surface area contributed by atoms with Gasteiger partial charge in [0.05, 0.1) is 11.8 Å². The highest BCUT2D eigenvalue weighted by Crippen LogP contribution is 2.33. The number of nitrogens with zero attached hydrogens (tertiary/aromatic N) is 1. The predicted octanol–water partition coefficient (Wildman–Crippen LogP) is 3.97. The number of carboxylic acid groups (broad SMARTS) is 1. The van der Waals surface area contributed by atoms with E-state index in [1.54, 1.807) is 12.1 Å². The largest absolute Gasteiger partial charge is 0.478 e. The summed E-state index contributed by atoms with van der Waals surface area (Å²) >= 11 is 4.04. The van der Waals surface area contributed by atoms with Gasteiger partial charge in [-0.15, -0.1) is 0 Å². The maximum atomic E-state index is 13.5. The minimum absolute atomic E-state index is 0.0266. The monoisotopic (exact) mass is 345 g/mol. The van der Waals surface area contributed by atoms with Crippen LogP contribution in [-0.4, -0.2) is 16.1 Å². The summed E-state index contributed by atoms with van der Waals surface area (Å²) in [6.07, 6.45) is 0.879. The number of aromatic nitrogens is 1. The fourth-order valence-corrected chi connectivity index (χ4v) is 2.77. The summed E-state index contributed by atoms with van der Waals surface area (Å²) in [5, 5.41) is 8.96. The third-order valence-electron chi connectivity index (χ3n) is 2.15. The molecule has 2 aromatic rings. The van der Waals surface area contributed by atoms with Gasteiger partial charge in [-0.25, -0.2) is 18.6 Å². The van der Waals surface area contributed by atoms with Gasteiger partial charge in [0.25, 0.3) is 0 Å². The molecule has 0 bridgehead atoms. The Morgan fingerprint density at radius 1 is 1.32 bits per heavy atom. The predicted molar refractivity (Wildman–Crippen MR) is 69.4 cm³/mol. The number of hydrogen-bond acceptors (Lipinski definition) is 3. The number of halogens is 3. The highest BCUT2D eigenvalue weighted by molar-refractivity contribution is 9.10. The molecule has 0 unspecified atom stereocenters. The van der Waals surface area contributed by atoms with E-state index in [2.05, 4.69) is 20.9 Å². The van der Waals surface area contributed by atoms with E-state index in [-0.39, 0.29) is 10.6 Å². The zero-order chi connectivity index (χ0) is 14.0. The molecule has 1 N–H and O–H groups in total. The summed E-state index contributed by atoms with van der Waals surface area (Å²) in [6.45, 7) is 0. The third kappa shape index (κ3) is 3.30. The lowest BCUT2D eigenvalue weighted by Gasteiger charge is -2.06. The van der Waals surface area contributed by atoms with Gasteiger partial charge in [0.1, 0.15) is 10.8 Å². The van der Waals surface area contributed by atoms with Gasteiger partial charge in [0.15, 0.2) is 5.82 Å². The quantitative estimate of drug-likeness (QED) is 0.914. The van der Waals surface area contributed by atoms with Crippen LogP contribution in [-0.2, 0) is 0 Å². The van der Waals surface area contributed by atoms with Crippen LogP contribution < -0.4 is 0 Å². The van der Waals surface area contributed by atoms with E-state index < -0.39 is 17.6 Å². The second kappa shape index (κ2) is 5.66. The van der Waals surface area contributed by atoms with Crippen LogP contribution in [0.5, 0.6) is 0 Å². The lowest BCUT2D eigenvalue weighted by molar-refractivity contribution is 0.0693. The Labute approximate surface area is 119 Å². The topological polar surface area (TPSA) is 50.2 Å². The number of carbonyl (C=O) groups is 1. The molecule has 0 aliphatic heterocycles. The van der Waals surface area contributed by atoms with Gasteiger partial charge in [-0.05, 0) is 18.2 Å². The van der Waals surface area contributed by atoms with Crippen molar-refractivity contribution in [2.45, 2.75) is 9.92 Å². The third-order valence-corrected chi connectivity index (χ3v) is 3.70. The van der Waals surface area contributed by atoms with Gasteiger partial charge >= 0.3 is 5.97 Å². The van der Waals surface area contributed by atoms with Crippen LogP contribution in [0.1, 0.15) is 10.4 Å². The van der Waals surface area contributed by atoms with Crippen molar-refractivity contribution in [2.24, 2.45) is 0 Å². The molecule has 98 valence electrons. The molecule has 2 rings (SSSR count). The lowest BCUT2D eigenvalue weighted by atomic mass is 10.2. The van der Waals surface area contributed by atoms with Crippen LogP contribution in [0.3, 0.4) is 0 Å². The maximum absolute atomic E-state index is 13.5. The molecular formula is C12H6BrF2NO2S. The summed E-state index contributed by atoms with van der Waals surface area (Å²) in [4.78, 5) is 15.0. The SMILES string of the molecule is O=C(O)c1ccc(Br)cc1Sc1ncc(F)cc1F. The van der Waals surface area contributed by atoms with Gasteiger partial charge in [0, 0.05) is 15.4 Å². The standard InChI is InChI=1S/C12H6BrF2NO2S/c13-6-1-2-8(12(17)18)10(3-6)19-11-9(15)4-7(14)5-16-11/h1-5H,(H,17,18). The molecule has 0 saturated carbocycles. The molecule has 0 radical (unpaired) electrons. The summed E-state index contributed by atoms with van der Waals surface area (Å²) in [7, 11) is 0. The Morgan fingerprint density at radius 2 is 2.05 bits per heavy atom. The second-order valence-corrected chi connectivity index (χ2v) is 5.43. The average molecular weight is 346 g/mol. The first kappa shape index (κ1) is 14.0. The molecule has 0 spiro atoms. The van der Waals surface area contributed by atoms with Crippen LogP contribution in [0.2, 0.25) is 0 Å². The van der Waals surface area contributed by atoms with Gasteiger partial charge in [-0.3, -0.25) is 0 Å². The van der Waals surface area contributed by atoms with Crippen molar-refractivity contribution in [3.8, 4) is 0 Å². The van der Waals surface area contributed by atoms with Crippen LogP contribution in [0, 0.1) is 11.6 Å². The molecule has 1 heterocycles. The number of hydrogen-bond donors (Lipinski definition) is 1. The zero-order valence-corrected chi connectivity index (χ0v) is 11.6. The van der Waals surface area contributed by atoms with Crippen molar-refractivity contribution >= 4 is 33.7 Å². The molecule has 1 aromatic heterocycles. The van der Waals surface area contributed by atoms with Gasteiger partial charge in [-0.1, -0.05) is 27.7 Å². The molecule has 0 atom stereocenters. The van der Waals surface area contributed by atoms with E-state index in [4.69, 9.17) is 5.11 Å². The lowest BCUT2D eigenvalue weighted by Crippen LogP contribution is -1.99. The van der Waals surface area contributed by atoms with Crippen LogP contribution in [0.25, 0.3) is 0 Å². The molecule has 0 saturated heterocycles. The fraction of sp³-hybridized carbons (Fsp3) is 0. The van der Waals surface area contributed by atoms with E-state index >= 15 is 0 Å². The summed E-state index contributed by atoms with van der Waals surface area (Å²) < 4.78 is 26.9. The maximum Gasteiger partial charge on any atom is 0.336 e. The van der Waals surface area contributed by atoms with Crippen molar-refractivity contribution in [3.05, 3.63) is 52.1 Å². The van der Waals surface area contributed by atoms with Crippen molar-refractivity contribution in [2.75, 3.05) is 0 Å². The fourth-order valence-electron chi connectivity index (χ4n) is 1.34. The van der Waals surface area contributed by atoms with Gasteiger partial charge in [0.2, 0.25) is 0 Å². The highest BCUT2D eigenvalue weighted by Gasteiger charge is 2.15. The summed E-state index contributed by atoms with van der Waals surface area (Å²) in [5.74, 6) is -2.74. The van der Waals surface area contributed by atoms with E-state index in [0.29, 0.717) is 15.4 Å². The average Bonchev–Trinajstić information content (AvgIpc) is 2.32. The molecule has 0 aliphatic carbocycles. The molecule has 7 heteroatoms. The molecule has 3 nitrogen and oxygen atoms in total. The first-order chi connectivity index (χ1) is 8.97. The zero-order valence-electron chi connectivity index (χ0n) is 9.23. The smallest absolute Gasteiger partial charge is 0.336 e. The van der Waals surface area contributed by atoms with Crippen LogP contribution in [0.15, 0.2) is 44.9 Å². The second-order valence-electron chi connectivity index (χ2n) is 3.49. The summed E-state index contributed by atoms with van der Waals surface area (Å²) in [6, 6.07) is 5.21. The van der Waals surface area contributed by atoms with Crippen molar-refractivity contribution in [3.63, 3.8) is 0 Å². The number of aromatic carboxylic acids is 1. The van der Waals surface area contributed by atoms with E-state index in [1.165, 1.54) is 6.07 Å². The van der Waals surface area contributed by atoms with Gasteiger partial charge in [-0.2, -0.15) is 0 Å². The Balaban J connectivity index is 2.42. The minimum atomic E-state index is -1.13. The molecule has 19 heavy (non-hydrogen) atoms. The normalized spacial score (nSPS) is 10.5. The van der Waals surface area contributed by atoms with Crippen molar-refractivity contribution in [1.29, 1.82) is 0 Å². The van der Waals surface area contributed by atoms with E-state index in [0.717, 1.165) is 18.0 Å². The molecule has 1 aromatic carbocycles. The Bertz CT molecular complexity index is 652. The van der Waals surface area contributed by atoms with Crippen molar-refractivity contribution < 1.29 is 18.7 Å². The first-order valence-electron chi connectivity index (χ1n) is 4.99. The number of pyridine rings is 1. The highest BCUT2D eigenvalue weighted by atomic mass is 79.9. The van der Waals surface area contributed by atoms with E-state index in [9.17, 15) is 13.6 Å². The molecule has 0 amide bonds. The Kier molecular flexibility index (Phi) is 4.16. The van der Waals surface area contributed by atoms with Crippen LogP contribution in [0.4, 0.5) is 8.78 Å². The molecule has 0 fully saturated rings. The number of carboxylic acids is 1. The van der Waals surface area contributed by atoms with Crippen molar-refractivity contribution in [1.82, 2.24) is 4.98 Å². The van der Waals surface area contributed by atoms with E-state index in [1.807, 2.05) is 0 Å². The Hall–Kier alpha value is -1.47. The Morgan fingerprint density at radius 3 is 2.68 bits per heavy atom. The van der Waals surface area contributed by atoms with Gasteiger partial charge < -0.3 is 5.11 Å². The number of rotatable bonds is 3. The first-order valence-corrected chi connectivity index (χ1v) is 6.60. The molecule has 0 aliphatic rings. The number of benzene rings is 1. The molecular weight excluding hydrogens is 340 g/mol. The summed E-state index contributed by atoms with van der Waals surface area (Å²) in [5.41, 5.74) is 0.0266.